The minimum Gasteiger partial charge on any atom is -0.492 e. The summed E-state index contributed by atoms with van der Waals surface area (Å²) in [6.45, 7) is 6.63. The summed E-state index contributed by atoms with van der Waals surface area (Å²) >= 11 is 0. The number of rotatable bonds is 5. The Bertz CT molecular complexity index is 762. The van der Waals surface area contributed by atoms with Crippen molar-refractivity contribution in [3.8, 4) is 5.75 Å². The number of fused-ring (bicyclic) bond motifs is 1. The van der Waals surface area contributed by atoms with Crippen LogP contribution in [0.25, 0.3) is 0 Å². The molecule has 1 aromatic carbocycles. The monoisotopic (exact) mass is 353 g/mol. The van der Waals surface area contributed by atoms with Crippen molar-refractivity contribution in [1.82, 2.24) is 14.8 Å². The standard InChI is InChI=1S/C21H27N3O2/c1-16-8-9-22-19(12-16)13-17(2)23(3)21(25)15-24-10-11-26-20-7-5-4-6-18(20)14-24/h4-9,12,17H,10-11,13-15H2,1-3H3. The average Bonchev–Trinajstić information content (AvgIpc) is 2.82. The van der Waals surface area contributed by atoms with Crippen molar-refractivity contribution in [1.29, 1.82) is 0 Å². The Labute approximate surface area is 155 Å². The van der Waals surface area contributed by atoms with Crippen LogP contribution in [0, 0.1) is 6.92 Å². The van der Waals surface area contributed by atoms with Crippen LogP contribution in [0.15, 0.2) is 42.6 Å². The SMILES string of the molecule is Cc1ccnc(CC(C)N(C)C(=O)CN2CCOc3ccccc3C2)c1. The maximum absolute atomic E-state index is 12.8. The first-order chi connectivity index (χ1) is 12.5. The Kier molecular flexibility index (Phi) is 5.89. The number of hydrogen-bond donors (Lipinski definition) is 0. The van der Waals surface area contributed by atoms with Gasteiger partial charge in [-0.25, -0.2) is 0 Å². The number of carbonyl (C=O) groups is 1. The van der Waals surface area contributed by atoms with Crippen molar-refractivity contribution >= 4 is 5.91 Å². The number of ether oxygens (including phenoxy) is 1. The first kappa shape index (κ1) is 18.4. The fourth-order valence-electron chi connectivity index (χ4n) is 3.21. The molecule has 26 heavy (non-hydrogen) atoms. The highest BCUT2D eigenvalue weighted by Crippen LogP contribution is 2.22. The van der Waals surface area contributed by atoms with E-state index in [1.807, 2.05) is 42.4 Å². The van der Waals surface area contributed by atoms with Crippen LogP contribution >= 0.6 is 0 Å². The number of aryl methyl sites for hydroxylation is 1. The number of aromatic nitrogens is 1. The van der Waals surface area contributed by atoms with E-state index in [1.54, 1.807) is 0 Å². The molecule has 0 N–H and O–H groups in total. The molecule has 2 heterocycles. The third-order valence-electron chi connectivity index (χ3n) is 4.92. The molecule has 2 aromatic rings. The lowest BCUT2D eigenvalue weighted by Crippen LogP contribution is -2.43. The topological polar surface area (TPSA) is 45.7 Å². The van der Waals surface area contributed by atoms with Gasteiger partial charge in [0.15, 0.2) is 0 Å². The summed E-state index contributed by atoms with van der Waals surface area (Å²) in [5, 5.41) is 0. The van der Waals surface area contributed by atoms with Crippen molar-refractivity contribution in [2.75, 3.05) is 26.7 Å². The molecule has 3 rings (SSSR count). The molecule has 1 unspecified atom stereocenters. The van der Waals surface area contributed by atoms with Crippen molar-refractivity contribution in [2.24, 2.45) is 0 Å². The normalized spacial score (nSPS) is 15.5. The highest BCUT2D eigenvalue weighted by Gasteiger charge is 2.22. The van der Waals surface area contributed by atoms with Gasteiger partial charge >= 0.3 is 0 Å². The molecular weight excluding hydrogens is 326 g/mol. The summed E-state index contributed by atoms with van der Waals surface area (Å²) in [5.41, 5.74) is 3.35. The maximum atomic E-state index is 12.8. The molecular formula is C21H27N3O2. The second-order valence-corrected chi connectivity index (χ2v) is 7.05. The van der Waals surface area contributed by atoms with Gasteiger partial charge in [0.2, 0.25) is 5.91 Å². The Balaban J connectivity index is 1.58. The molecule has 0 saturated heterocycles. The highest BCUT2D eigenvalue weighted by atomic mass is 16.5. The van der Waals surface area contributed by atoms with E-state index in [0.29, 0.717) is 13.2 Å². The van der Waals surface area contributed by atoms with Crippen LogP contribution in [0.1, 0.15) is 23.7 Å². The first-order valence-electron chi connectivity index (χ1n) is 9.13. The van der Waals surface area contributed by atoms with E-state index in [9.17, 15) is 4.79 Å². The molecule has 1 amide bonds. The van der Waals surface area contributed by atoms with Crippen molar-refractivity contribution in [2.45, 2.75) is 32.9 Å². The third-order valence-corrected chi connectivity index (χ3v) is 4.92. The van der Waals surface area contributed by atoms with Gasteiger partial charge < -0.3 is 9.64 Å². The van der Waals surface area contributed by atoms with Gasteiger partial charge in [0.05, 0.1) is 6.54 Å². The number of likely N-dealkylation sites (N-methyl/N-ethyl adjacent to an activating group) is 1. The van der Waals surface area contributed by atoms with E-state index in [4.69, 9.17) is 4.74 Å². The van der Waals surface area contributed by atoms with Gasteiger partial charge in [0.25, 0.3) is 0 Å². The van der Waals surface area contributed by atoms with Gasteiger partial charge in [0.1, 0.15) is 12.4 Å². The minimum atomic E-state index is 0.104. The Morgan fingerprint density at radius 1 is 1.35 bits per heavy atom. The number of benzene rings is 1. The molecule has 5 nitrogen and oxygen atoms in total. The van der Waals surface area contributed by atoms with Crippen LogP contribution in [-0.4, -0.2) is 53.5 Å². The number of hydrogen-bond acceptors (Lipinski definition) is 4. The largest absolute Gasteiger partial charge is 0.492 e. The number of amides is 1. The van der Waals surface area contributed by atoms with Crippen LogP contribution in [0.4, 0.5) is 0 Å². The summed E-state index contributed by atoms with van der Waals surface area (Å²) < 4.78 is 5.78. The average molecular weight is 353 g/mol. The van der Waals surface area contributed by atoms with Gasteiger partial charge in [-0.15, -0.1) is 0 Å². The summed E-state index contributed by atoms with van der Waals surface area (Å²) in [6, 6.07) is 12.2. The number of para-hydroxylation sites is 1. The number of carbonyl (C=O) groups excluding carboxylic acids is 1. The second kappa shape index (κ2) is 8.32. The smallest absolute Gasteiger partial charge is 0.236 e. The Morgan fingerprint density at radius 2 is 2.15 bits per heavy atom. The highest BCUT2D eigenvalue weighted by molar-refractivity contribution is 5.78. The van der Waals surface area contributed by atoms with Crippen LogP contribution in [0.2, 0.25) is 0 Å². The predicted molar refractivity (Wildman–Crippen MR) is 102 cm³/mol. The van der Waals surface area contributed by atoms with Crippen molar-refractivity contribution in [3.63, 3.8) is 0 Å². The lowest BCUT2D eigenvalue weighted by Gasteiger charge is -2.28. The van der Waals surface area contributed by atoms with Crippen LogP contribution in [0.3, 0.4) is 0 Å². The zero-order chi connectivity index (χ0) is 18.5. The van der Waals surface area contributed by atoms with Crippen molar-refractivity contribution < 1.29 is 9.53 Å². The van der Waals surface area contributed by atoms with E-state index in [2.05, 4.69) is 35.9 Å². The molecule has 0 aliphatic carbocycles. The zero-order valence-corrected chi connectivity index (χ0v) is 15.8. The fourth-order valence-corrected chi connectivity index (χ4v) is 3.21. The zero-order valence-electron chi connectivity index (χ0n) is 15.8. The molecule has 1 aliphatic rings. The molecule has 0 bridgehead atoms. The van der Waals surface area contributed by atoms with E-state index in [1.165, 1.54) is 5.56 Å². The Morgan fingerprint density at radius 3 is 2.96 bits per heavy atom. The van der Waals surface area contributed by atoms with Crippen LogP contribution < -0.4 is 4.74 Å². The van der Waals surface area contributed by atoms with E-state index in [-0.39, 0.29) is 11.9 Å². The fraction of sp³-hybridized carbons (Fsp3) is 0.429. The minimum absolute atomic E-state index is 0.104. The summed E-state index contributed by atoms with van der Waals surface area (Å²) in [4.78, 5) is 21.2. The van der Waals surface area contributed by atoms with Gasteiger partial charge in [-0.05, 0) is 37.6 Å². The van der Waals surface area contributed by atoms with E-state index < -0.39 is 0 Å². The number of pyridine rings is 1. The molecule has 0 radical (unpaired) electrons. The van der Waals surface area contributed by atoms with Gasteiger partial charge in [-0.3, -0.25) is 14.7 Å². The quantitative estimate of drug-likeness (QED) is 0.829. The molecule has 1 aliphatic heterocycles. The summed E-state index contributed by atoms with van der Waals surface area (Å²) in [5.74, 6) is 1.05. The molecule has 0 spiro atoms. The molecule has 0 fully saturated rings. The lowest BCUT2D eigenvalue weighted by atomic mass is 10.1. The Hall–Kier alpha value is -2.40. The van der Waals surface area contributed by atoms with E-state index in [0.717, 1.165) is 36.5 Å². The van der Waals surface area contributed by atoms with Gasteiger partial charge in [-0.1, -0.05) is 18.2 Å². The first-order valence-corrected chi connectivity index (χ1v) is 9.13. The van der Waals surface area contributed by atoms with Crippen LogP contribution in [-0.2, 0) is 17.8 Å². The van der Waals surface area contributed by atoms with E-state index >= 15 is 0 Å². The molecule has 138 valence electrons. The molecule has 1 aromatic heterocycles. The third kappa shape index (κ3) is 4.61. The summed E-state index contributed by atoms with van der Waals surface area (Å²) in [7, 11) is 1.88. The predicted octanol–water partition coefficient (Wildman–Crippen LogP) is 2.67. The van der Waals surface area contributed by atoms with Gasteiger partial charge in [0, 0.05) is 50.1 Å². The number of nitrogens with zero attached hydrogens (tertiary/aromatic N) is 3. The van der Waals surface area contributed by atoms with Crippen LogP contribution in [0.5, 0.6) is 5.75 Å². The molecule has 0 saturated carbocycles. The molecule has 1 atom stereocenters. The van der Waals surface area contributed by atoms with Crippen molar-refractivity contribution in [3.05, 3.63) is 59.4 Å². The van der Waals surface area contributed by atoms with Gasteiger partial charge in [-0.2, -0.15) is 0 Å². The maximum Gasteiger partial charge on any atom is 0.236 e. The molecule has 5 heteroatoms. The lowest BCUT2D eigenvalue weighted by molar-refractivity contribution is -0.133. The summed E-state index contributed by atoms with van der Waals surface area (Å²) in [6.07, 6.45) is 2.59. The second-order valence-electron chi connectivity index (χ2n) is 7.05.